The van der Waals surface area contributed by atoms with Gasteiger partial charge in [-0.3, -0.25) is 9.48 Å². The maximum absolute atomic E-state index is 11.7. The van der Waals surface area contributed by atoms with Crippen molar-refractivity contribution in [2.45, 2.75) is 63.8 Å². The normalized spacial score (nSPS) is 21.1. The summed E-state index contributed by atoms with van der Waals surface area (Å²) < 4.78 is 2.14. The molecule has 0 bridgehead atoms. The fraction of sp³-hybridized carbons (Fsp3) is 0.733. The first-order valence-electron chi connectivity index (χ1n) is 7.39. The minimum Gasteiger partial charge on any atom is -0.299 e. The molecule has 0 unspecified atom stereocenters. The molecule has 0 atom stereocenters. The lowest BCUT2D eigenvalue weighted by atomic mass is 9.96. The first-order valence-corrected chi connectivity index (χ1v) is 7.39. The van der Waals surface area contributed by atoms with E-state index < -0.39 is 0 Å². The molecule has 1 aromatic heterocycles. The lowest BCUT2D eigenvalue weighted by Crippen LogP contribution is -2.13. The topological polar surface area (TPSA) is 34.9 Å². The van der Waals surface area contributed by atoms with E-state index in [1.54, 1.807) is 0 Å². The summed E-state index contributed by atoms with van der Waals surface area (Å²) in [6.07, 6.45) is 12.4. The fourth-order valence-corrected chi connectivity index (χ4v) is 2.92. The summed E-state index contributed by atoms with van der Waals surface area (Å²) in [4.78, 5) is 11.7. The predicted molar refractivity (Wildman–Crippen MR) is 70.4 cm³/mol. The molecule has 0 N–H and O–H groups in total. The number of aromatic nitrogens is 2. The third kappa shape index (κ3) is 2.82. The van der Waals surface area contributed by atoms with Crippen LogP contribution in [-0.4, -0.2) is 15.6 Å². The minimum absolute atomic E-state index is 0.394. The van der Waals surface area contributed by atoms with Gasteiger partial charge in [-0.25, -0.2) is 0 Å². The van der Waals surface area contributed by atoms with Crippen LogP contribution in [0.5, 0.6) is 0 Å². The van der Waals surface area contributed by atoms with Gasteiger partial charge >= 0.3 is 0 Å². The van der Waals surface area contributed by atoms with E-state index in [0.29, 0.717) is 24.2 Å². The Kier molecular flexibility index (Phi) is 3.48. The largest absolute Gasteiger partial charge is 0.299 e. The van der Waals surface area contributed by atoms with Crippen molar-refractivity contribution < 1.29 is 4.79 Å². The molecule has 0 saturated heterocycles. The molecule has 0 radical (unpaired) electrons. The Bertz CT molecular complexity index is 414. The zero-order valence-electron chi connectivity index (χ0n) is 11.0. The van der Waals surface area contributed by atoms with Gasteiger partial charge in [-0.05, 0) is 38.2 Å². The van der Waals surface area contributed by atoms with E-state index in [1.807, 2.05) is 0 Å². The molecular weight excluding hydrogens is 224 g/mol. The van der Waals surface area contributed by atoms with Gasteiger partial charge in [-0.1, -0.05) is 19.3 Å². The quantitative estimate of drug-likeness (QED) is 0.799. The van der Waals surface area contributed by atoms with Gasteiger partial charge in [0.15, 0.2) is 0 Å². The van der Waals surface area contributed by atoms with Gasteiger partial charge in [-0.15, -0.1) is 0 Å². The smallest absolute Gasteiger partial charge is 0.136 e. The molecule has 1 aromatic rings. The second-order valence-electron chi connectivity index (χ2n) is 5.82. The summed E-state index contributed by atoms with van der Waals surface area (Å²) in [5, 5.41) is 4.65. The Hall–Kier alpha value is -1.12. The molecular formula is C15H22N2O. The Labute approximate surface area is 109 Å². The van der Waals surface area contributed by atoms with Gasteiger partial charge in [0.1, 0.15) is 5.78 Å². The second kappa shape index (κ2) is 5.25. The minimum atomic E-state index is 0.394. The van der Waals surface area contributed by atoms with Crippen molar-refractivity contribution in [2.24, 2.45) is 5.92 Å². The predicted octanol–water partition coefficient (Wildman–Crippen LogP) is 3.30. The highest BCUT2D eigenvalue weighted by Gasteiger charge is 2.28. The van der Waals surface area contributed by atoms with Crippen LogP contribution in [0.3, 0.4) is 0 Å². The van der Waals surface area contributed by atoms with Crippen molar-refractivity contribution in [3.8, 4) is 0 Å². The third-order valence-electron chi connectivity index (χ3n) is 4.27. The molecule has 2 fully saturated rings. The highest BCUT2D eigenvalue weighted by molar-refractivity contribution is 5.83. The van der Waals surface area contributed by atoms with Gasteiger partial charge in [-0.2, -0.15) is 5.10 Å². The Morgan fingerprint density at radius 3 is 2.72 bits per heavy atom. The van der Waals surface area contributed by atoms with Gasteiger partial charge in [0.05, 0.1) is 11.7 Å². The molecule has 0 aromatic carbocycles. The number of Topliss-reactive ketones (excluding diaryl/α,β-unsaturated/α-hetero) is 1. The molecule has 18 heavy (non-hydrogen) atoms. The zero-order valence-corrected chi connectivity index (χ0v) is 11.0. The molecule has 2 saturated carbocycles. The molecule has 3 heteroatoms. The lowest BCUT2D eigenvalue weighted by molar-refractivity contribution is -0.120. The van der Waals surface area contributed by atoms with Crippen molar-refractivity contribution in [3.63, 3.8) is 0 Å². The maximum Gasteiger partial charge on any atom is 0.136 e. The number of aryl methyl sites for hydroxylation is 1. The van der Waals surface area contributed by atoms with Crippen LogP contribution in [0, 0.1) is 5.92 Å². The van der Waals surface area contributed by atoms with Crippen molar-refractivity contribution >= 4 is 5.78 Å². The highest BCUT2D eigenvalue weighted by Crippen LogP contribution is 2.31. The van der Waals surface area contributed by atoms with Crippen molar-refractivity contribution in [2.75, 3.05) is 0 Å². The number of hydrogen-bond acceptors (Lipinski definition) is 2. The number of carbonyl (C=O) groups excluding carboxylic acids is 1. The maximum atomic E-state index is 11.7. The van der Waals surface area contributed by atoms with Crippen LogP contribution in [0.1, 0.15) is 63.1 Å². The standard InChI is InChI=1S/C15H22N2O/c18-15(12-6-7-12)9-8-13-10-11-17(16-13)14-4-2-1-3-5-14/h10-12,14H,1-9H2. The molecule has 1 heterocycles. The number of rotatable bonds is 5. The lowest BCUT2D eigenvalue weighted by Gasteiger charge is -2.21. The zero-order chi connectivity index (χ0) is 12.4. The summed E-state index contributed by atoms with van der Waals surface area (Å²) >= 11 is 0. The number of hydrogen-bond donors (Lipinski definition) is 0. The molecule has 2 aliphatic carbocycles. The van der Waals surface area contributed by atoms with Crippen LogP contribution >= 0.6 is 0 Å². The van der Waals surface area contributed by atoms with Gasteiger partial charge in [0, 0.05) is 18.5 Å². The van der Waals surface area contributed by atoms with E-state index >= 15 is 0 Å². The van der Waals surface area contributed by atoms with Crippen LogP contribution in [0.2, 0.25) is 0 Å². The van der Waals surface area contributed by atoms with E-state index in [2.05, 4.69) is 22.0 Å². The third-order valence-corrected chi connectivity index (χ3v) is 4.27. The highest BCUT2D eigenvalue weighted by atomic mass is 16.1. The first kappa shape index (κ1) is 11.9. The molecule has 0 aliphatic heterocycles. The van der Waals surface area contributed by atoms with Gasteiger partial charge in [0.25, 0.3) is 0 Å². The monoisotopic (exact) mass is 246 g/mol. The van der Waals surface area contributed by atoms with E-state index in [4.69, 9.17) is 0 Å². The number of ketones is 1. The summed E-state index contributed by atoms with van der Waals surface area (Å²) in [5.41, 5.74) is 1.09. The first-order chi connectivity index (χ1) is 8.83. The molecule has 0 amide bonds. The van der Waals surface area contributed by atoms with Crippen LogP contribution in [0.25, 0.3) is 0 Å². The Balaban J connectivity index is 1.53. The Morgan fingerprint density at radius 1 is 1.22 bits per heavy atom. The fourth-order valence-electron chi connectivity index (χ4n) is 2.92. The van der Waals surface area contributed by atoms with Gasteiger partial charge < -0.3 is 0 Å². The second-order valence-corrected chi connectivity index (χ2v) is 5.82. The van der Waals surface area contributed by atoms with Gasteiger partial charge in [0.2, 0.25) is 0 Å². The van der Waals surface area contributed by atoms with E-state index in [0.717, 1.165) is 25.0 Å². The SMILES string of the molecule is O=C(CCc1ccn(C2CCCCC2)n1)C1CC1. The van der Waals surface area contributed by atoms with Crippen LogP contribution in [0.15, 0.2) is 12.3 Å². The van der Waals surface area contributed by atoms with E-state index in [9.17, 15) is 4.79 Å². The summed E-state index contributed by atoms with van der Waals surface area (Å²) in [6, 6.07) is 2.70. The Morgan fingerprint density at radius 2 is 2.00 bits per heavy atom. The summed E-state index contributed by atoms with van der Waals surface area (Å²) in [6.45, 7) is 0. The molecule has 98 valence electrons. The van der Waals surface area contributed by atoms with Crippen LogP contribution in [0.4, 0.5) is 0 Å². The molecule has 3 rings (SSSR count). The van der Waals surface area contributed by atoms with E-state index in [-0.39, 0.29) is 0 Å². The number of nitrogens with zero attached hydrogens (tertiary/aromatic N) is 2. The molecule has 0 spiro atoms. The molecule has 2 aliphatic rings. The summed E-state index contributed by atoms with van der Waals surface area (Å²) in [7, 11) is 0. The summed E-state index contributed by atoms with van der Waals surface area (Å²) in [5.74, 6) is 0.840. The van der Waals surface area contributed by atoms with Crippen molar-refractivity contribution in [3.05, 3.63) is 18.0 Å². The average molecular weight is 246 g/mol. The molecule has 3 nitrogen and oxygen atoms in total. The van der Waals surface area contributed by atoms with Crippen molar-refractivity contribution in [1.29, 1.82) is 0 Å². The van der Waals surface area contributed by atoms with Crippen LogP contribution < -0.4 is 0 Å². The average Bonchev–Trinajstić information content (AvgIpc) is 3.16. The number of carbonyl (C=O) groups is 1. The van der Waals surface area contributed by atoms with Crippen LogP contribution in [-0.2, 0) is 11.2 Å². The van der Waals surface area contributed by atoms with E-state index in [1.165, 1.54) is 32.1 Å². The van der Waals surface area contributed by atoms with Crippen molar-refractivity contribution in [1.82, 2.24) is 9.78 Å².